The maximum Gasteiger partial charge on any atom is 0.320 e. The molecule has 5 heteroatoms. The SMILES string of the molecule is CC1CCN(C(=O)CN(C)[C@H](C)C(=O)O)CC1. The molecule has 0 aliphatic carbocycles. The number of likely N-dealkylation sites (tertiary alicyclic amines) is 1. The molecule has 1 heterocycles. The summed E-state index contributed by atoms with van der Waals surface area (Å²) in [5, 5.41) is 8.84. The first kappa shape index (κ1) is 14.0. The third-order valence-electron chi connectivity index (χ3n) is 3.54. The molecular weight excluding hydrogens is 220 g/mol. The van der Waals surface area contributed by atoms with E-state index in [9.17, 15) is 9.59 Å². The van der Waals surface area contributed by atoms with Gasteiger partial charge in [-0.2, -0.15) is 0 Å². The smallest absolute Gasteiger partial charge is 0.320 e. The average Bonchev–Trinajstić information content (AvgIpc) is 2.28. The fourth-order valence-electron chi connectivity index (χ4n) is 1.90. The standard InChI is InChI=1S/C12H22N2O3/c1-9-4-6-14(7-5-9)11(15)8-13(3)10(2)12(16)17/h9-10H,4-8H2,1-3H3,(H,16,17)/t10-/m1/s1. The number of rotatable bonds is 4. The molecule has 0 aromatic heterocycles. The zero-order valence-corrected chi connectivity index (χ0v) is 10.8. The van der Waals surface area contributed by atoms with Crippen molar-refractivity contribution in [3.05, 3.63) is 0 Å². The highest BCUT2D eigenvalue weighted by atomic mass is 16.4. The van der Waals surface area contributed by atoms with Crippen LogP contribution in [0.25, 0.3) is 0 Å². The van der Waals surface area contributed by atoms with Crippen LogP contribution in [0.3, 0.4) is 0 Å². The van der Waals surface area contributed by atoms with Gasteiger partial charge in [0.25, 0.3) is 0 Å². The fourth-order valence-corrected chi connectivity index (χ4v) is 1.90. The van der Waals surface area contributed by atoms with Crippen molar-refractivity contribution in [3.63, 3.8) is 0 Å². The van der Waals surface area contributed by atoms with Gasteiger partial charge in [0.05, 0.1) is 6.54 Å². The van der Waals surface area contributed by atoms with E-state index in [1.165, 1.54) is 0 Å². The molecule has 1 rings (SSSR count). The molecule has 1 amide bonds. The predicted octanol–water partition coefficient (Wildman–Crippen LogP) is 0.650. The summed E-state index contributed by atoms with van der Waals surface area (Å²) in [6.45, 7) is 5.57. The third-order valence-corrected chi connectivity index (χ3v) is 3.54. The highest BCUT2D eigenvalue weighted by molar-refractivity contribution is 5.80. The van der Waals surface area contributed by atoms with Crippen molar-refractivity contribution in [2.45, 2.75) is 32.7 Å². The summed E-state index contributed by atoms with van der Waals surface area (Å²) in [5.74, 6) is -0.171. The number of carboxylic acids is 1. The molecule has 17 heavy (non-hydrogen) atoms. The van der Waals surface area contributed by atoms with Gasteiger partial charge in [-0.15, -0.1) is 0 Å². The molecule has 0 aromatic rings. The summed E-state index contributed by atoms with van der Waals surface area (Å²) in [7, 11) is 1.67. The Balaban J connectivity index is 2.41. The number of carboxylic acid groups (broad SMARTS) is 1. The third kappa shape index (κ3) is 4.00. The minimum absolute atomic E-state index is 0.0347. The molecule has 0 radical (unpaired) electrons. The fraction of sp³-hybridized carbons (Fsp3) is 0.833. The number of hydrogen-bond acceptors (Lipinski definition) is 3. The van der Waals surface area contributed by atoms with E-state index in [4.69, 9.17) is 5.11 Å². The van der Waals surface area contributed by atoms with Crippen LogP contribution in [0.15, 0.2) is 0 Å². The largest absolute Gasteiger partial charge is 0.480 e. The van der Waals surface area contributed by atoms with Crippen LogP contribution >= 0.6 is 0 Å². The summed E-state index contributed by atoms with van der Waals surface area (Å²) in [6.07, 6.45) is 2.09. The summed E-state index contributed by atoms with van der Waals surface area (Å²) >= 11 is 0. The van der Waals surface area contributed by atoms with Crippen molar-refractivity contribution in [3.8, 4) is 0 Å². The Bertz CT molecular complexity index is 285. The second-order valence-electron chi connectivity index (χ2n) is 4.99. The number of aliphatic carboxylic acids is 1. The highest BCUT2D eigenvalue weighted by Crippen LogP contribution is 2.16. The summed E-state index contributed by atoms with van der Waals surface area (Å²) in [4.78, 5) is 26.1. The van der Waals surface area contributed by atoms with Gasteiger partial charge in [0.1, 0.15) is 6.04 Å². The van der Waals surface area contributed by atoms with Gasteiger partial charge in [0.15, 0.2) is 0 Å². The van der Waals surface area contributed by atoms with Crippen molar-refractivity contribution >= 4 is 11.9 Å². The number of carbonyl (C=O) groups is 2. The molecule has 0 aromatic carbocycles. The van der Waals surface area contributed by atoms with Crippen LogP contribution in [0.4, 0.5) is 0 Å². The van der Waals surface area contributed by atoms with E-state index in [0.717, 1.165) is 25.9 Å². The topological polar surface area (TPSA) is 60.9 Å². The van der Waals surface area contributed by atoms with Gasteiger partial charge in [0, 0.05) is 13.1 Å². The molecule has 1 atom stereocenters. The average molecular weight is 242 g/mol. The Hall–Kier alpha value is -1.10. The Labute approximate surface area is 102 Å². The molecule has 5 nitrogen and oxygen atoms in total. The van der Waals surface area contributed by atoms with Gasteiger partial charge in [-0.05, 0) is 32.7 Å². The predicted molar refractivity (Wildman–Crippen MR) is 64.7 cm³/mol. The summed E-state index contributed by atoms with van der Waals surface area (Å²) < 4.78 is 0. The number of likely N-dealkylation sites (N-methyl/N-ethyl adjacent to an activating group) is 1. The molecule has 0 spiro atoms. The Morgan fingerprint density at radius 2 is 1.94 bits per heavy atom. The number of nitrogens with zero attached hydrogens (tertiary/aromatic N) is 2. The number of piperidine rings is 1. The number of amides is 1. The first-order valence-electron chi connectivity index (χ1n) is 6.12. The Morgan fingerprint density at radius 3 is 2.41 bits per heavy atom. The van der Waals surface area contributed by atoms with E-state index in [-0.39, 0.29) is 12.5 Å². The van der Waals surface area contributed by atoms with Gasteiger partial charge in [0.2, 0.25) is 5.91 Å². The molecular formula is C12H22N2O3. The van der Waals surface area contributed by atoms with Crippen LogP contribution in [0.5, 0.6) is 0 Å². The van der Waals surface area contributed by atoms with Crippen LogP contribution < -0.4 is 0 Å². The molecule has 0 unspecified atom stereocenters. The van der Waals surface area contributed by atoms with Crippen molar-refractivity contribution in [2.75, 3.05) is 26.7 Å². The van der Waals surface area contributed by atoms with Crippen LogP contribution in [-0.4, -0.2) is 59.5 Å². The van der Waals surface area contributed by atoms with Gasteiger partial charge < -0.3 is 10.0 Å². The van der Waals surface area contributed by atoms with Crippen molar-refractivity contribution in [1.82, 2.24) is 9.80 Å². The van der Waals surface area contributed by atoms with E-state index < -0.39 is 12.0 Å². The maximum absolute atomic E-state index is 11.9. The molecule has 0 bridgehead atoms. The lowest BCUT2D eigenvalue weighted by Gasteiger charge is -2.32. The Morgan fingerprint density at radius 1 is 1.41 bits per heavy atom. The lowest BCUT2D eigenvalue weighted by Crippen LogP contribution is -2.46. The van der Waals surface area contributed by atoms with E-state index in [1.807, 2.05) is 4.90 Å². The van der Waals surface area contributed by atoms with E-state index >= 15 is 0 Å². The summed E-state index contributed by atoms with van der Waals surface area (Å²) in [6, 6.07) is -0.623. The minimum atomic E-state index is -0.896. The molecule has 1 fully saturated rings. The monoisotopic (exact) mass is 242 g/mol. The zero-order chi connectivity index (χ0) is 13.0. The first-order valence-corrected chi connectivity index (χ1v) is 6.12. The van der Waals surface area contributed by atoms with Gasteiger partial charge in [-0.1, -0.05) is 6.92 Å². The zero-order valence-electron chi connectivity index (χ0n) is 10.8. The normalized spacial score (nSPS) is 19.4. The second kappa shape index (κ2) is 6.00. The van der Waals surface area contributed by atoms with Crippen molar-refractivity contribution in [1.29, 1.82) is 0 Å². The number of carbonyl (C=O) groups excluding carboxylic acids is 1. The molecule has 98 valence electrons. The lowest BCUT2D eigenvalue weighted by atomic mass is 9.99. The number of hydrogen-bond donors (Lipinski definition) is 1. The second-order valence-corrected chi connectivity index (χ2v) is 4.99. The molecule has 0 saturated carbocycles. The van der Waals surface area contributed by atoms with E-state index in [0.29, 0.717) is 5.92 Å². The molecule has 1 saturated heterocycles. The van der Waals surface area contributed by atoms with Crippen molar-refractivity contribution in [2.24, 2.45) is 5.92 Å². The Kier molecular flexibility index (Phi) is 4.93. The van der Waals surface area contributed by atoms with Crippen LogP contribution in [0.2, 0.25) is 0 Å². The molecule has 1 aliphatic heterocycles. The van der Waals surface area contributed by atoms with Crippen LogP contribution in [-0.2, 0) is 9.59 Å². The lowest BCUT2D eigenvalue weighted by molar-refractivity contribution is -0.143. The first-order chi connectivity index (χ1) is 7.91. The molecule has 1 aliphatic rings. The van der Waals surface area contributed by atoms with Gasteiger partial charge >= 0.3 is 5.97 Å². The van der Waals surface area contributed by atoms with Gasteiger partial charge in [-0.25, -0.2) is 0 Å². The highest BCUT2D eigenvalue weighted by Gasteiger charge is 2.24. The van der Waals surface area contributed by atoms with Crippen molar-refractivity contribution < 1.29 is 14.7 Å². The van der Waals surface area contributed by atoms with E-state index in [1.54, 1.807) is 18.9 Å². The van der Waals surface area contributed by atoms with Gasteiger partial charge in [-0.3, -0.25) is 14.5 Å². The van der Waals surface area contributed by atoms with E-state index in [2.05, 4.69) is 6.92 Å². The minimum Gasteiger partial charge on any atom is -0.480 e. The van der Waals surface area contributed by atoms with Crippen LogP contribution in [0, 0.1) is 5.92 Å². The summed E-state index contributed by atoms with van der Waals surface area (Å²) in [5.41, 5.74) is 0. The maximum atomic E-state index is 11.9. The molecule has 1 N–H and O–H groups in total. The quantitative estimate of drug-likeness (QED) is 0.786. The van der Waals surface area contributed by atoms with Crippen LogP contribution in [0.1, 0.15) is 26.7 Å².